The number of hydrogen-bond acceptors (Lipinski definition) is 3. The number of nitrogens with one attached hydrogen (secondary N) is 1. The number of anilines is 1. The Morgan fingerprint density at radius 1 is 1.12 bits per heavy atom. The van der Waals surface area contributed by atoms with Gasteiger partial charge in [-0.05, 0) is 42.3 Å². The van der Waals surface area contributed by atoms with Gasteiger partial charge in [-0.25, -0.2) is 17.5 Å². The second-order valence-electron chi connectivity index (χ2n) is 5.14. The van der Waals surface area contributed by atoms with Gasteiger partial charge in [-0.1, -0.05) is 12.1 Å². The van der Waals surface area contributed by atoms with Crippen LogP contribution in [0.4, 0.5) is 23.2 Å². The number of hydrogen-bond donors (Lipinski definition) is 2. The molecule has 0 bridgehead atoms. The highest BCUT2D eigenvalue weighted by atomic mass is 32.2. The number of alkyl halides is 3. The molecule has 0 fully saturated rings. The van der Waals surface area contributed by atoms with E-state index in [9.17, 15) is 26.0 Å². The Kier molecular flexibility index (Phi) is 4.86. The smallest absolute Gasteiger partial charge is 0.398 e. The maximum Gasteiger partial charge on any atom is 0.416 e. The lowest BCUT2D eigenvalue weighted by atomic mass is 10.1. The first-order valence-corrected chi connectivity index (χ1v) is 8.20. The van der Waals surface area contributed by atoms with Gasteiger partial charge in [0.2, 0.25) is 10.0 Å². The molecule has 0 atom stereocenters. The Morgan fingerprint density at radius 2 is 1.71 bits per heavy atom. The number of nitrogens with two attached hydrogens (primary N) is 1. The van der Waals surface area contributed by atoms with Crippen LogP contribution in [0.25, 0.3) is 0 Å². The van der Waals surface area contributed by atoms with Crippen molar-refractivity contribution >= 4 is 15.7 Å². The second kappa shape index (κ2) is 6.40. The third-order valence-electron chi connectivity index (χ3n) is 3.40. The topological polar surface area (TPSA) is 72.2 Å². The van der Waals surface area contributed by atoms with Crippen molar-refractivity contribution < 1.29 is 26.0 Å². The van der Waals surface area contributed by atoms with Crippen LogP contribution in [-0.4, -0.2) is 8.42 Å². The van der Waals surface area contributed by atoms with Crippen LogP contribution in [0.2, 0.25) is 0 Å². The predicted molar refractivity (Wildman–Crippen MR) is 81.0 cm³/mol. The van der Waals surface area contributed by atoms with E-state index in [1.807, 2.05) is 0 Å². The summed E-state index contributed by atoms with van der Waals surface area (Å²) >= 11 is 0. The van der Waals surface area contributed by atoms with Crippen LogP contribution in [0.3, 0.4) is 0 Å². The number of rotatable bonds is 4. The van der Waals surface area contributed by atoms with E-state index in [0.717, 1.165) is 12.1 Å². The van der Waals surface area contributed by atoms with Gasteiger partial charge in [0.05, 0.1) is 10.5 Å². The minimum atomic E-state index is -4.72. The lowest BCUT2D eigenvalue weighted by molar-refractivity contribution is -0.137. The van der Waals surface area contributed by atoms with Gasteiger partial charge in [-0.2, -0.15) is 13.2 Å². The van der Waals surface area contributed by atoms with Crippen LogP contribution in [-0.2, 0) is 22.7 Å². The summed E-state index contributed by atoms with van der Waals surface area (Å²) in [6, 6.07) is 6.26. The molecule has 9 heteroatoms. The van der Waals surface area contributed by atoms with Gasteiger partial charge in [-0.15, -0.1) is 0 Å². The lowest BCUT2D eigenvalue weighted by Crippen LogP contribution is -2.25. The van der Waals surface area contributed by atoms with Gasteiger partial charge in [0, 0.05) is 12.2 Å². The highest BCUT2D eigenvalue weighted by Crippen LogP contribution is 2.34. The molecule has 0 aromatic heterocycles. The maximum absolute atomic E-state index is 12.9. The number of nitrogen functional groups attached to an aromatic ring is 1. The van der Waals surface area contributed by atoms with Gasteiger partial charge < -0.3 is 5.73 Å². The van der Waals surface area contributed by atoms with Crippen LogP contribution in [0.15, 0.2) is 41.3 Å². The van der Waals surface area contributed by atoms with Crippen LogP contribution < -0.4 is 10.5 Å². The molecular weight excluding hydrogens is 348 g/mol. The molecule has 0 unspecified atom stereocenters. The summed E-state index contributed by atoms with van der Waals surface area (Å²) in [5.41, 5.74) is 4.57. The van der Waals surface area contributed by atoms with Gasteiger partial charge in [0.1, 0.15) is 5.82 Å². The minimum absolute atomic E-state index is 0.0228. The van der Waals surface area contributed by atoms with Crippen molar-refractivity contribution in [2.75, 3.05) is 5.73 Å². The molecule has 0 aliphatic carbocycles. The Balaban J connectivity index is 2.34. The molecule has 130 valence electrons. The Hall–Kier alpha value is -2.13. The summed E-state index contributed by atoms with van der Waals surface area (Å²) in [5.74, 6) is -0.483. The van der Waals surface area contributed by atoms with Gasteiger partial charge in [0.25, 0.3) is 0 Å². The molecule has 0 saturated heterocycles. The standard InChI is InChI=1S/C15H14F4N2O2S/c1-9-13(20)6-11(15(17,18)19)7-14(9)24(22,23)21-8-10-2-4-12(16)5-3-10/h2-7,21H,8,20H2,1H3. The summed E-state index contributed by atoms with van der Waals surface area (Å²) in [4.78, 5) is -0.545. The number of halogens is 4. The van der Waals surface area contributed by atoms with E-state index in [4.69, 9.17) is 5.73 Å². The summed E-state index contributed by atoms with van der Waals surface area (Å²) in [5, 5.41) is 0. The molecule has 0 radical (unpaired) electrons. The van der Waals surface area contributed by atoms with Crippen molar-refractivity contribution in [3.05, 3.63) is 58.9 Å². The molecule has 24 heavy (non-hydrogen) atoms. The van der Waals surface area contributed by atoms with Crippen molar-refractivity contribution in [3.63, 3.8) is 0 Å². The fourth-order valence-electron chi connectivity index (χ4n) is 2.01. The largest absolute Gasteiger partial charge is 0.416 e. The zero-order valence-electron chi connectivity index (χ0n) is 12.5. The molecule has 0 saturated carbocycles. The summed E-state index contributed by atoms with van der Waals surface area (Å²) in [6.07, 6.45) is -4.72. The molecule has 2 aromatic rings. The molecule has 0 heterocycles. The van der Waals surface area contributed by atoms with Crippen LogP contribution in [0.5, 0.6) is 0 Å². The molecule has 0 aliphatic heterocycles. The first kappa shape index (κ1) is 18.2. The van der Waals surface area contributed by atoms with Crippen molar-refractivity contribution in [3.8, 4) is 0 Å². The zero-order chi connectivity index (χ0) is 18.1. The van der Waals surface area contributed by atoms with E-state index in [1.54, 1.807) is 0 Å². The fourth-order valence-corrected chi connectivity index (χ4v) is 3.33. The highest BCUT2D eigenvalue weighted by Gasteiger charge is 2.33. The first-order chi connectivity index (χ1) is 11.0. The molecule has 0 spiro atoms. The average Bonchev–Trinajstić information content (AvgIpc) is 2.48. The van der Waals surface area contributed by atoms with E-state index < -0.39 is 32.5 Å². The third kappa shape index (κ3) is 4.04. The lowest BCUT2D eigenvalue weighted by Gasteiger charge is -2.15. The fraction of sp³-hybridized carbons (Fsp3) is 0.200. The van der Waals surface area contributed by atoms with E-state index in [0.29, 0.717) is 17.7 Å². The molecular formula is C15H14F4N2O2S. The average molecular weight is 362 g/mol. The molecule has 0 amide bonds. The molecule has 0 aliphatic rings. The van der Waals surface area contributed by atoms with Crippen molar-refractivity contribution in [1.82, 2.24) is 4.72 Å². The molecule has 3 N–H and O–H groups in total. The maximum atomic E-state index is 12.9. The van der Waals surface area contributed by atoms with Gasteiger partial charge in [0.15, 0.2) is 0 Å². The SMILES string of the molecule is Cc1c(N)cc(C(F)(F)F)cc1S(=O)(=O)NCc1ccc(F)cc1. The normalized spacial score (nSPS) is 12.4. The van der Waals surface area contributed by atoms with Crippen molar-refractivity contribution in [2.45, 2.75) is 24.5 Å². The minimum Gasteiger partial charge on any atom is -0.398 e. The zero-order valence-corrected chi connectivity index (χ0v) is 13.3. The van der Waals surface area contributed by atoms with Crippen LogP contribution >= 0.6 is 0 Å². The molecule has 4 nitrogen and oxygen atoms in total. The van der Waals surface area contributed by atoms with Gasteiger partial charge >= 0.3 is 6.18 Å². The monoisotopic (exact) mass is 362 g/mol. The third-order valence-corrected chi connectivity index (χ3v) is 4.92. The van der Waals surface area contributed by atoms with E-state index in [1.165, 1.54) is 19.1 Å². The van der Waals surface area contributed by atoms with E-state index in [2.05, 4.69) is 4.72 Å². The van der Waals surface area contributed by atoms with E-state index in [-0.39, 0.29) is 17.8 Å². The molecule has 2 aromatic carbocycles. The van der Waals surface area contributed by atoms with Gasteiger partial charge in [-0.3, -0.25) is 0 Å². The first-order valence-electron chi connectivity index (χ1n) is 6.72. The van der Waals surface area contributed by atoms with E-state index >= 15 is 0 Å². The Labute approximate surface area is 136 Å². The van der Waals surface area contributed by atoms with Crippen molar-refractivity contribution in [2.24, 2.45) is 0 Å². The summed E-state index contributed by atoms with van der Waals surface area (Å²) < 4.78 is 78.2. The van der Waals surface area contributed by atoms with Crippen molar-refractivity contribution in [1.29, 1.82) is 0 Å². The molecule has 2 rings (SSSR count). The highest BCUT2D eigenvalue weighted by molar-refractivity contribution is 7.89. The predicted octanol–water partition coefficient (Wildman–Crippen LogP) is 3.21. The second-order valence-corrected chi connectivity index (χ2v) is 6.87. The number of sulfonamides is 1. The quantitative estimate of drug-likeness (QED) is 0.648. The Bertz CT molecular complexity index is 847. The summed E-state index contributed by atoms with van der Waals surface area (Å²) in [7, 11) is -4.23. The van der Waals surface area contributed by atoms with Crippen LogP contribution in [0.1, 0.15) is 16.7 Å². The number of benzene rings is 2. The Morgan fingerprint density at radius 3 is 2.25 bits per heavy atom. The van der Waals surface area contributed by atoms with Crippen LogP contribution in [0, 0.1) is 12.7 Å². The summed E-state index contributed by atoms with van der Waals surface area (Å²) in [6.45, 7) is 1.13.